The average molecular weight is 584 g/mol. The minimum Gasteiger partial charge on any atom is -0.276 e. The fraction of sp³-hybridized carbons (Fsp3) is 0. The van der Waals surface area contributed by atoms with Crippen molar-refractivity contribution in [2.75, 3.05) is 0 Å². The summed E-state index contributed by atoms with van der Waals surface area (Å²) >= 11 is 1.79. The monoisotopic (exact) mass is 583 g/mol. The number of rotatable bonds is 4. The molecule has 0 fully saturated rings. The van der Waals surface area contributed by atoms with Crippen molar-refractivity contribution < 1.29 is 0 Å². The molecule has 7 aromatic heterocycles. The summed E-state index contributed by atoms with van der Waals surface area (Å²) in [5, 5.41) is 3.42. The molecule has 0 atom stereocenters. The Labute approximate surface area is 255 Å². The lowest BCUT2D eigenvalue weighted by molar-refractivity contribution is 0.996. The molecule has 44 heavy (non-hydrogen) atoms. The van der Waals surface area contributed by atoms with E-state index >= 15 is 0 Å². The van der Waals surface area contributed by atoms with Gasteiger partial charge in [0.15, 0.2) is 0 Å². The molecule has 2 aromatic carbocycles. The third-order valence-corrected chi connectivity index (χ3v) is 9.07. The largest absolute Gasteiger partial charge is 0.276 e. The van der Waals surface area contributed by atoms with Gasteiger partial charge < -0.3 is 0 Å². The maximum absolute atomic E-state index is 5.22. The predicted molar refractivity (Wildman–Crippen MR) is 177 cm³/mol. The van der Waals surface area contributed by atoms with E-state index in [4.69, 9.17) is 15.0 Å². The number of hydrogen-bond acceptors (Lipinski definition) is 7. The van der Waals surface area contributed by atoms with Crippen LogP contribution >= 0.6 is 11.3 Å². The van der Waals surface area contributed by atoms with Crippen LogP contribution in [-0.4, -0.2) is 34.5 Å². The van der Waals surface area contributed by atoms with Crippen molar-refractivity contribution in [2.45, 2.75) is 0 Å². The Morgan fingerprint density at radius 3 is 2.00 bits per heavy atom. The van der Waals surface area contributed by atoms with Crippen molar-refractivity contribution in [1.82, 2.24) is 34.5 Å². The molecule has 0 saturated heterocycles. The van der Waals surface area contributed by atoms with Crippen molar-refractivity contribution >= 4 is 53.4 Å². The highest BCUT2D eigenvalue weighted by Gasteiger charge is 2.22. The zero-order valence-electron chi connectivity index (χ0n) is 23.2. The fourth-order valence-corrected chi connectivity index (χ4v) is 7.04. The molecule has 8 heteroatoms. The van der Waals surface area contributed by atoms with Gasteiger partial charge in [-0.1, -0.05) is 18.2 Å². The predicted octanol–water partition coefficient (Wildman–Crippen LogP) is 8.52. The number of pyridine rings is 4. The molecular formula is C36H21N7S. The maximum atomic E-state index is 5.22. The van der Waals surface area contributed by atoms with Crippen molar-refractivity contribution in [2.24, 2.45) is 0 Å². The van der Waals surface area contributed by atoms with Crippen LogP contribution in [-0.2, 0) is 0 Å². The summed E-state index contributed by atoms with van der Waals surface area (Å²) in [5.74, 6) is 0.574. The molecule has 0 spiro atoms. The van der Waals surface area contributed by atoms with Crippen LogP contribution in [0.1, 0.15) is 0 Å². The van der Waals surface area contributed by atoms with Crippen LogP contribution in [0.3, 0.4) is 0 Å². The van der Waals surface area contributed by atoms with Crippen LogP contribution in [0.2, 0.25) is 0 Å². The van der Waals surface area contributed by atoms with Gasteiger partial charge in [-0.05, 0) is 72.8 Å². The molecule has 0 unspecified atom stereocenters. The number of nitrogens with zero attached hydrogens (tertiary/aromatic N) is 7. The third kappa shape index (κ3) is 3.89. The van der Waals surface area contributed by atoms with Gasteiger partial charge in [-0.25, -0.2) is 15.0 Å². The highest BCUT2D eigenvalue weighted by atomic mass is 32.1. The van der Waals surface area contributed by atoms with E-state index in [2.05, 4.69) is 62.0 Å². The van der Waals surface area contributed by atoms with Crippen LogP contribution in [0.25, 0.3) is 81.8 Å². The zero-order chi connectivity index (χ0) is 29.0. The lowest BCUT2D eigenvalue weighted by Crippen LogP contribution is -2.04. The Kier molecular flexibility index (Phi) is 5.54. The molecule has 9 aromatic rings. The molecule has 0 amide bonds. The standard InChI is InChI=1S/C36H21N7S/c1-2-6-31-25(5-1)33-32(44-31)10-7-26-34-30(9-8-27(40-34)24-4-3-15-39-21-24)43(35(26)33)36-41-28(22-11-16-37-17-12-22)20-29(42-36)23-13-18-38-19-14-23/h1-21H. The molecule has 0 aliphatic carbocycles. The first kappa shape index (κ1) is 24.7. The second-order valence-electron chi connectivity index (χ2n) is 10.5. The number of hydrogen-bond donors (Lipinski definition) is 0. The number of benzene rings is 2. The Bertz CT molecular complexity index is 2430. The molecule has 7 heterocycles. The Balaban J connectivity index is 1.43. The van der Waals surface area contributed by atoms with E-state index in [1.54, 1.807) is 42.3 Å². The van der Waals surface area contributed by atoms with Crippen molar-refractivity contribution in [3.8, 4) is 39.7 Å². The molecule has 0 aliphatic rings. The summed E-state index contributed by atoms with van der Waals surface area (Å²) in [6.07, 6.45) is 10.8. The minimum absolute atomic E-state index is 0.574. The number of fused-ring (bicyclic) bond motifs is 7. The van der Waals surface area contributed by atoms with Crippen LogP contribution in [0.15, 0.2) is 128 Å². The van der Waals surface area contributed by atoms with E-state index in [1.165, 1.54) is 20.2 Å². The highest BCUT2D eigenvalue weighted by molar-refractivity contribution is 7.26. The van der Waals surface area contributed by atoms with Crippen molar-refractivity contribution in [1.29, 1.82) is 0 Å². The minimum atomic E-state index is 0.574. The summed E-state index contributed by atoms with van der Waals surface area (Å²) < 4.78 is 4.62. The molecule has 0 saturated carbocycles. The molecule has 9 rings (SSSR count). The normalized spacial score (nSPS) is 11.6. The maximum Gasteiger partial charge on any atom is 0.235 e. The van der Waals surface area contributed by atoms with E-state index in [0.29, 0.717) is 5.95 Å². The Morgan fingerprint density at radius 1 is 0.523 bits per heavy atom. The van der Waals surface area contributed by atoms with Gasteiger partial charge >= 0.3 is 0 Å². The quantitative estimate of drug-likeness (QED) is 0.207. The lowest BCUT2D eigenvalue weighted by Gasteiger charge is -2.12. The van der Waals surface area contributed by atoms with E-state index in [1.807, 2.05) is 54.7 Å². The summed E-state index contributed by atoms with van der Waals surface area (Å²) in [7, 11) is 0. The summed E-state index contributed by atoms with van der Waals surface area (Å²) in [6, 6.07) is 31.0. The first-order chi connectivity index (χ1) is 21.8. The van der Waals surface area contributed by atoms with Gasteiger partial charge in [0, 0.05) is 79.4 Å². The van der Waals surface area contributed by atoms with Crippen molar-refractivity contribution in [3.63, 3.8) is 0 Å². The van der Waals surface area contributed by atoms with Gasteiger partial charge in [0.2, 0.25) is 5.95 Å². The van der Waals surface area contributed by atoms with Crippen LogP contribution in [0.5, 0.6) is 0 Å². The average Bonchev–Trinajstić information content (AvgIpc) is 3.64. The van der Waals surface area contributed by atoms with Crippen LogP contribution in [0, 0.1) is 0 Å². The SMILES string of the molecule is c1cncc(-c2ccc3c(n2)c2ccc4sc5ccccc5c4c2n3-c2nc(-c3ccncc3)cc(-c3ccncc3)n2)c1. The lowest BCUT2D eigenvalue weighted by atomic mass is 10.1. The van der Waals surface area contributed by atoms with Crippen LogP contribution in [0.4, 0.5) is 0 Å². The molecule has 7 nitrogen and oxygen atoms in total. The smallest absolute Gasteiger partial charge is 0.235 e. The third-order valence-electron chi connectivity index (χ3n) is 7.93. The van der Waals surface area contributed by atoms with Crippen molar-refractivity contribution in [3.05, 3.63) is 128 Å². The molecule has 0 radical (unpaired) electrons. The number of thiophene rings is 1. The first-order valence-electron chi connectivity index (χ1n) is 14.2. The molecule has 0 N–H and O–H groups in total. The summed E-state index contributed by atoms with van der Waals surface area (Å²) in [4.78, 5) is 28.4. The van der Waals surface area contributed by atoms with E-state index in [9.17, 15) is 0 Å². The summed E-state index contributed by atoms with van der Waals surface area (Å²) in [5.41, 5.74) is 8.23. The second-order valence-corrected chi connectivity index (χ2v) is 11.6. The van der Waals surface area contributed by atoms with Gasteiger partial charge in [0.1, 0.15) is 0 Å². The first-order valence-corrected chi connectivity index (χ1v) is 15.0. The fourth-order valence-electron chi connectivity index (χ4n) is 5.93. The van der Waals surface area contributed by atoms with Gasteiger partial charge in [0.25, 0.3) is 0 Å². The molecule has 206 valence electrons. The van der Waals surface area contributed by atoms with E-state index < -0.39 is 0 Å². The Morgan fingerprint density at radius 2 is 1.27 bits per heavy atom. The zero-order valence-corrected chi connectivity index (χ0v) is 24.0. The van der Waals surface area contributed by atoms with Gasteiger partial charge in [-0.3, -0.25) is 19.5 Å². The summed E-state index contributed by atoms with van der Waals surface area (Å²) in [6.45, 7) is 0. The van der Waals surface area contributed by atoms with E-state index in [0.717, 1.165) is 55.7 Å². The highest BCUT2D eigenvalue weighted by Crippen LogP contribution is 2.43. The van der Waals surface area contributed by atoms with Gasteiger partial charge in [-0.15, -0.1) is 11.3 Å². The second kappa shape index (κ2) is 9.86. The van der Waals surface area contributed by atoms with E-state index in [-0.39, 0.29) is 0 Å². The number of aromatic nitrogens is 7. The van der Waals surface area contributed by atoms with Gasteiger partial charge in [-0.2, -0.15) is 0 Å². The Hall–Kier alpha value is -5.86. The topological polar surface area (TPSA) is 82.3 Å². The van der Waals surface area contributed by atoms with Gasteiger partial charge in [0.05, 0.1) is 33.6 Å². The molecule has 0 bridgehead atoms. The molecular weight excluding hydrogens is 563 g/mol. The molecule has 0 aliphatic heterocycles. The van der Waals surface area contributed by atoms with Crippen LogP contribution < -0.4 is 0 Å².